The second-order valence-electron chi connectivity index (χ2n) is 4.94. The Labute approximate surface area is 134 Å². The van der Waals surface area contributed by atoms with E-state index in [-0.39, 0.29) is 22.6 Å². The third-order valence-electron chi connectivity index (χ3n) is 3.40. The van der Waals surface area contributed by atoms with Gasteiger partial charge in [0.15, 0.2) is 0 Å². The topological polar surface area (TPSA) is 56.0 Å². The largest absolute Gasteiger partial charge is 0.338 e. The molecule has 2 rings (SSSR count). The lowest BCUT2D eigenvalue weighted by molar-refractivity contribution is -0.131. The minimum absolute atomic E-state index is 0.0918. The molecule has 0 aliphatic rings. The van der Waals surface area contributed by atoms with E-state index in [0.717, 1.165) is 5.69 Å². The average Bonchev–Trinajstić information content (AvgIpc) is 2.97. The van der Waals surface area contributed by atoms with Crippen molar-refractivity contribution in [2.75, 3.05) is 7.05 Å². The maximum absolute atomic E-state index is 12.8. The number of carbonyl (C=O) groups is 1. The highest BCUT2D eigenvalue weighted by molar-refractivity contribution is 9.10. The van der Waals surface area contributed by atoms with Crippen molar-refractivity contribution in [3.63, 3.8) is 0 Å². The van der Waals surface area contributed by atoms with Crippen molar-refractivity contribution in [2.24, 2.45) is 7.05 Å². The smallest absolute Gasteiger partial charge is 0.283 e. The summed E-state index contributed by atoms with van der Waals surface area (Å²) in [6.45, 7) is 1.93. The van der Waals surface area contributed by atoms with Gasteiger partial charge in [0.05, 0.1) is 22.4 Å². The highest BCUT2D eigenvalue weighted by Gasteiger charge is 2.22. The lowest BCUT2D eigenvalue weighted by atomic mass is 10.3. The summed E-state index contributed by atoms with van der Waals surface area (Å²) in [5, 5.41) is 7.83. The number of halogens is 3. The summed E-state index contributed by atoms with van der Waals surface area (Å²) in [4.78, 5) is 13.7. The second-order valence-corrected chi connectivity index (χ2v) is 5.73. The maximum Gasteiger partial charge on any atom is 0.283 e. The van der Waals surface area contributed by atoms with Crippen LogP contribution < -0.4 is 0 Å². The number of amides is 1. The molecule has 0 aliphatic carbocycles. The Bertz CT molecular complexity index is 682. The molecule has 1 amide bonds. The highest BCUT2D eigenvalue weighted by Crippen LogP contribution is 2.28. The predicted octanol–water partition coefficient (Wildman–Crippen LogP) is 2.28. The van der Waals surface area contributed by atoms with Gasteiger partial charge in [-0.05, 0) is 28.9 Å². The summed E-state index contributed by atoms with van der Waals surface area (Å²) in [5.41, 5.74) is 1.03. The van der Waals surface area contributed by atoms with Crippen LogP contribution in [0.15, 0.2) is 16.7 Å². The lowest BCUT2D eigenvalue weighted by Crippen LogP contribution is -2.31. The Morgan fingerprint density at radius 2 is 2.18 bits per heavy atom. The molecule has 0 unspecified atom stereocenters. The molecule has 0 aromatic carbocycles. The van der Waals surface area contributed by atoms with Gasteiger partial charge in [-0.2, -0.15) is 10.2 Å². The minimum atomic E-state index is -2.68. The first-order chi connectivity index (χ1) is 10.3. The molecule has 0 saturated heterocycles. The zero-order valence-electron chi connectivity index (χ0n) is 12.4. The van der Waals surface area contributed by atoms with E-state index in [1.165, 1.54) is 9.58 Å². The van der Waals surface area contributed by atoms with Gasteiger partial charge in [0.25, 0.3) is 6.43 Å². The highest BCUT2D eigenvalue weighted by atomic mass is 79.9. The van der Waals surface area contributed by atoms with Gasteiger partial charge in [-0.15, -0.1) is 0 Å². The SMILES string of the molecule is Cc1c(Br)c(C(F)F)nn1CC(=O)N(C)Cc1ccnn1C. The van der Waals surface area contributed by atoms with Crippen LogP contribution in [0, 0.1) is 6.92 Å². The van der Waals surface area contributed by atoms with E-state index < -0.39 is 6.43 Å². The number of aromatic nitrogens is 4. The van der Waals surface area contributed by atoms with Crippen LogP contribution in [-0.2, 0) is 24.9 Å². The number of hydrogen-bond donors (Lipinski definition) is 0. The number of likely N-dealkylation sites (N-methyl/N-ethyl adjacent to an activating group) is 1. The summed E-state index contributed by atoms with van der Waals surface area (Å²) in [6, 6.07) is 1.81. The van der Waals surface area contributed by atoms with Crippen molar-refractivity contribution < 1.29 is 13.6 Å². The number of carbonyl (C=O) groups excluding carboxylic acids is 1. The molecule has 9 heteroatoms. The molecule has 0 aliphatic heterocycles. The predicted molar refractivity (Wildman–Crippen MR) is 79.3 cm³/mol. The van der Waals surface area contributed by atoms with Gasteiger partial charge in [-0.3, -0.25) is 14.2 Å². The van der Waals surface area contributed by atoms with Crippen molar-refractivity contribution in [3.05, 3.63) is 33.8 Å². The number of aryl methyl sites for hydroxylation is 1. The molecule has 120 valence electrons. The summed E-state index contributed by atoms with van der Waals surface area (Å²) in [5.74, 6) is -0.222. The number of alkyl halides is 2. The molecule has 0 atom stereocenters. The summed E-state index contributed by atoms with van der Waals surface area (Å²) < 4.78 is 28.8. The van der Waals surface area contributed by atoms with Crippen molar-refractivity contribution in [1.82, 2.24) is 24.5 Å². The molecular weight excluding hydrogens is 360 g/mol. The monoisotopic (exact) mass is 375 g/mol. The second kappa shape index (κ2) is 6.55. The van der Waals surface area contributed by atoms with Crippen molar-refractivity contribution >= 4 is 21.8 Å². The fraction of sp³-hybridized carbons (Fsp3) is 0.462. The van der Waals surface area contributed by atoms with Gasteiger partial charge in [0.1, 0.15) is 12.2 Å². The molecule has 2 aromatic rings. The number of nitrogens with zero attached hydrogens (tertiary/aromatic N) is 5. The van der Waals surface area contributed by atoms with Crippen molar-refractivity contribution in [3.8, 4) is 0 Å². The van der Waals surface area contributed by atoms with E-state index in [2.05, 4.69) is 26.1 Å². The third-order valence-corrected chi connectivity index (χ3v) is 4.38. The Kier molecular flexibility index (Phi) is 4.94. The molecule has 2 aromatic heterocycles. The third kappa shape index (κ3) is 3.34. The molecule has 22 heavy (non-hydrogen) atoms. The molecule has 0 spiro atoms. The molecule has 0 radical (unpaired) electrons. The van der Waals surface area contributed by atoms with Crippen LogP contribution in [0.3, 0.4) is 0 Å². The van der Waals surface area contributed by atoms with Crippen LogP contribution in [0.5, 0.6) is 0 Å². The van der Waals surface area contributed by atoms with Gasteiger partial charge >= 0.3 is 0 Å². The molecule has 0 N–H and O–H groups in total. The molecule has 0 saturated carbocycles. The van der Waals surface area contributed by atoms with Crippen molar-refractivity contribution in [1.29, 1.82) is 0 Å². The maximum atomic E-state index is 12.8. The minimum Gasteiger partial charge on any atom is -0.338 e. The Hall–Kier alpha value is -1.77. The zero-order chi connectivity index (χ0) is 16.4. The van der Waals surface area contributed by atoms with E-state index >= 15 is 0 Å². The van der Waals surface area contributed by atoms with E-state index in [9.17, 15) is 13.6 Å². The fourth-order valence-corrected chi connectivity index (χ4v) is 2.43. The standard InChI is InChI=1S/C13H16BrF2N5O/c1-8-11(14)12(13(15)16)18-21(8)7-10(22)19(2)6-9-4-5-17-20(9)3/h4-5,13H,6-7H2,1-3H3. The normalized spacial score (nSPS) is 11.2. The molecule has 2 heterocycles. The number of hydrogen-bond acceptors (Lipinski definition) is 3. The average molecular weight is 376 g/mol. The Balaban J connectivity index is 2.09. The van der Waals surface area contributed by atoms with E-state index in [1.54, 1.807) is 31.9 Å². The van der Waals surface area contributed by atoms with Gasteiger partial charge < -0.3 is 4.90 Å². The zero-order valence-corrected chi connectivity index (χ0v) is 14.0. The van der Waals surface area contributed by atoms with Crippen LogP contribution in [0.1, 0.15) is 23.5 Å². The Morgan fingerprint density at radius 3 is 2.68 bits per heavy atom. The van der Waals surface area contributed by atoms with Crippen molar-refractivity contribution in [2.45, 2.75) is 26.4 Å². The van der Waals surface area contributed by atoms with Gasteiger partial charge in [0.2, 0.25) is 5.91 Å². The van der Waals surface area contributed by atoms with E-state index in [0.29, 0.717) is 12.2 Å². The van der Waals surface area contributed by atoms with Gasteiger partial charge in [-0.1, -0.05) is 0 Å². The van der Waals surface area contributed by atoms with Crippen LogP contribution in [0.25, 0.3) is 0 Å². The van der Waals surface area contributed by atoms with E-state index in [4.69, 9.17) is 0 Å². The fourth-order valence-electron chi connectivity index (χ4n) is 1.98. The molecular formula is C13H16BrF2N5O. The summed E-state index contributed by atoms with van der Waals surface area (Å²) >= 11 is 3.09. The van der Waals surface area contributed by atoms with E-state index in [1.807, 2.05) is 6.07 Å². The molecule has 0 bridgehead atoms. The van der Waals surface area contributed by atoms with Crippen LogP contribution >= 0.6 is 15.9 Å². The van der Waals surface area contributed by atoms with Crippen LogP contribution in [-0.4, -0.2) is 37.4 Å². The Morgan fingerprint density at radius 1 is 1.50 bits per heavy atom. The first-order valence-electron chi connectivity index (χ1n) is 6.53. The number of rotatable bonds is 5. The van der Waals surface area contributed by atoms with Crippen LogP contribution in [0.4, 0.5) is 8.78 Å². The lowest BCUT2D eigenvalue weighted by Gasteiger charge is -2.17. The summed E-state index contributed by atoms with van der Waals surface area (Å²) in [7, 11) is 3.44. The molecule has 6 nitrogen and oxygen atoms in total. The quantitative estimate of drug-likeness (QED) is 0.805. The van der Waals surface area contributed by atoms with Crippen LogP contribution in [0.2, 0.25) is 0 Å². The van der Waals surface area contributed by atoms with Gasteiger partial charge in [-0.25, -0.2) is 8.78 Å². The molecule has 0 fully saturated rings. The summed E-state index contributed by atoms with van der Waals surface area (Å²) in [6.07, 6.45) is -1.03. The first kappa shape index (κ1) is 16.6. The van der Waals surface area contributed by atoms with Gasteiger partial charge in [0, 0.05) is 20.3 Å². The first-order valence-corrected chi connectivity index (χ1v) is 7.32.